The number of hydrogen-bond acceptors (Lipinski definition) is 3. The van der Waals surface area contributed by atoms with Crippen molar-refractivity contribution in [2.75, 3.05) is 6.61 Å². The van der Waals surface area contributed by atoms with Crippen molar-refractivity contribution in [2.45, 2.75) is 26.7 Å². The molecule has 0 unspecified atom stereocenters. The van der Waals surface area contributed by atoms with Gasteiger partial charge in [0.25, 0.3) is 5.91 Å². The predicted octanol–water partition coefficient (Wildman–Crippen LogP) is 2.93. The van der Waals surface area contributed by atoms with Gasteiger partial charge in [0.1, 0.15) is 5.75 Å². The Morgan fingerprint density at radius 1 is 1.53 bits per heavy atom. The smallest absolute Gasteiger partial charge is 0.277 e. The molecule has 1 N–H and O–H groups in total. The summed E-state index contributed by atoms with van der Waals surface area (Å²) in [4.78, 5) is 11.6. The Bertz CT molecular complexity index is 510. The van der Waals surface area contributed by atoms with Crippen LogP contribution in [0.25, 0.3) is 0 Å². The summed E-state index contributed by atoms with van der Waals surface area (Å²) >= 11 is 5.85. The largest absolute Gasteiger partial charge is 0.483 e. The van der Waals surface area contributed by atoms with Crippen LogP contribution in [0.1, 0.15) is 25.3 Å². The van der Waals surface area contributed by atoms with E-state index in [9.17, 15) is 4.79 Å². The zero-order valence-electron chi connectivity index (χ0n) is 11.1. The van der Waals surface area contributed by atoms with Crippen LogP contribution in [-0.2, 0) is 4.79 Å². The Hall–Kier alpha value is -1.55. The van der Waals surface area contributed by atoms with Gasteiger partial charge in [-0.2, -0.15) is 5.10 Å². The van der Waals surface area contributed by atoms with E-state index in [1.807, 2.05) is 13.8 Å². The molecule has 1 fully saturated rings. The van der Waals surface area contributed by atoms with Gasteiger partial charge < -0.3 is 4.74 Å². The number of rotatable bonds is 5. The van der Waals surface area contributed by atoms with E-state index < -0.39 is 0 Å². The molecular weight excluding hydrogens is 264 g/mol. The molecule has 1 saturated carbocycles. The highest BCUT2D eigenvalue weighted by Gasteiger charge is 2.24. The van der Waals surface area contributed by atoms with Crippen LogP contribution in [0.5, 0.6) is 5.75 Å². The SMILES string of the molecule is CC(=NNC(=O)COc1ccc(Cl)cc1C)C1CC1. The summed E-state index contributed by atoms with van der Waals surface area (Å²) < 4.78 is 5.42. The molecule has 1 aliphatic rings. The highest BCUT2D eigenvalue weighted by atomic mass is 35.5. The molecule has 0 bridgehead atoms. The Labute approximate surface area is 117 Å². The first-order valence-electron chi connectivity index (χ1n) is 6.28. The van der Waals surface area contributed by atoms with Crippen molar-refractivity contribution in [3.8, 4) is 5.75 Å². The van der Waals surface area contributed by atoms with Gasteiger partial charge in [0.05, 0.1) is 0 Å². The number of benzene rings is 1. The average molecular weight is 281 g/mol. The maximum Gasteiger partial charge on any atom is 0.277 e. The third kappa shape index (κ3) is 4.24. The number of carbonyl (C=O) groups is 1. The number of nitrogens with zero attached hydrogens (tertiary/aromatic N) is 1. The highest BCUT2D eigenvalue weighted by molar-refractivity contribution is 6.30. The maximum atomic E-state index is 11.6. The normalized spacial score (nSPS) is 15.2. The van der Waals surface area contributed by atoms with Crippen molar-refractivity contribution in [1.82, 2.24) is 5.43 Å². The monoisotopic (exact) mass is 280 g/mol. The van der Waals surface area contributed by atoms with Crippen LogP contribution in [0.4, 0.5) is 0 Å². The molecule has 0 saturated heterocycles. The molecule has 0 atom stereocenters. The van der Waals surface area contributed by atoms with Crippen molar-refractivity contribution in [2.24, 2.45) is 11.0 Å². The lowest BCUT2D eigenvalue weighted by Crippen LogP contribution is -2.25. The Morgan fingerprint density at radius 2 is 2.26 bits per heavy atom. The summed E-state index contributed by atoms with van der Waals surface area (Å²) in [6.45, 7) is 3.76. The fraction of sp³-hybridized carbons (Fsp3) is 0.429. The van der Waals surface area contributed by atoms with Gasteiger partial charge in [0, 0.05) is 10.7 Å². The quantitative estimate of drug-likeness (QED) is 0.666. The zero-order valence-corrected chi connectivity index (χ0v) is 11.8. The van der Waals surface area contributed by atoms with Gasteiger partial charge in [-0.25, -0.2) is 5.43 Å². The fourth-order valence-electron chi connectivity index (χ4n) is 1.69. The van der Waals surface area contributed by atoms with Crippen LogP contribution in [-0.4, -0.2) is 18.2 Å². The van der Waals surface area contributed by atoms with Crippen LogP contribution in [0.2, 0.25) is 5.02 Å². The van der Waals surface area contributed by atoms with Crippen LogP contribution < -0.4 is 10.2 Å². The van der Waals surface area contributed by atoms with Gasteiger partial charge in [-0.1, -0.05) is 11.6 Å². The predicted molar refractivity (Wildman–Crippen MR) is 75.7 cm³/mol. The lowest BCUT2D eigenvalue weighted by Gasteiger charge is -2.08. The second kappa shape index (κ2) is 6.06. The minimum absolute atomic E-state index is 0.0517. The van der Waals surface area contributed by atoms with Crippen LogP contribution >= 0.6 is 11.6 Å². The van der Waals surface area contributed by atoms with Crippen LogP contribution in [0.15, 0.2) is 23.3 Å². The number of ether oxygens (including phenoxy) is 1. The van der Waals surface area contributed by atoms with E-state index in [1.54, 1.807) is 18.2 Å². The Kier molecular flexibility index (Phi) is 4.43. The summed E-state index contributed by atoms with van der Waals surface area (Å²) in [5.41, 5.74) is 4.39. The molecule has 0 spiro atoms. The molecule has 0 heterocycles. The summed E-state index contributed by atoms with van der Waals surface area (Å²) in [5, 5.41) is 4.70. The standard InChI is InChI=1S/C14H17ClN2O2/c1-9-7-12(15)5-6-13(9)19-8-14(18)17-16-10(2)11-3-4-11/h5-7,11H,3-4,8H2,1-2H3,(H,17,18). The summed E-state index contributed by atoms with van der Waals surface area (Å²) in [6.07, 6.45) is 2.34. The molecule has 1 aliphatic carbocycles. The fourth-order valence-corrected chi connectivity index (χ4v) is 1.92. The van der Waals surface area contributed by atoms with Gasteiger partial charge in [-0.05, 0) is 56.4 Å². The summed E-state index contributed by atoms with van der Waals surface area (Å²) in [6, 6.07) is 5.28. The minimum Gasteiger partial charge on any atom is -0.483 e. The van der Waals surface area contributed by atoms with Gasteiger partial charge in [0.2, 0.25) is 0 Å². The lowest BCUT2D eigenvalue weighted by molar-refractivity contribution is -0.123. The molecule has 1 amide bonds. The van der Waals surface area contributed by atoms with E-state index in [0.29, 0.717) is 16.7 Å². The van der Waals surface area contributed by atoms with E-state index in [0.717, 1.165) is 11.3 Å². The number of halogens is 1. The molecule has 1 aromatic rings. The van der Waals surface area contributed by atoms with Crippen LogP contribution in [0, 0.1) is 12.8 Å². The molecule has 2 rings (SSSR count). The maximum absolute atomic E-state index is 11.6. The first-order valence-corrected chi connectivity index (χ1v) is 6.66. The van der Waals surface area contributed by atoms with Crippen molar-refractivity contribution in [3.05, 3.63) is 28.8 Å². The molecule has 4 nitrogen and oxygen atoms in total. The number of nitrogens with one attached hydrogen (secondary N) is 1. The first kappa shape index (κ1) is 13.9. The second-order valence-corrected chi connectivity index (χ2v) is 5.20. The second-order valence-electron chi connectivity index (χ2n) is 4.76. The Balaban J connectivity index is 1.81. The molecule has 0 radical (unpaired) electrons. The van der Waals surface area contributed by atoms with E-state index in [1.165, 1.54) is 12.8 Å². The topological polar surface area (TPSA) is 50.7 Å². The molecule has 102 valence electrons. The zero-order chi connectivity index (χ0) is 13.8. The molecule has 5 heteroatoms. The third-order valence-corrected chi connectivity index (χ3v) is 3.26. The van der Waals surface area contributed by atoms with E-state index in [2.05, 4.69) is 10.5 Å². The van der Waals surface area contributed by atoms with Crippen molar-refractivity contribution in [3.63, 3.8) is 0 Å². The van der Waals surface area contributed by atoms with E-state index in [4.69, 9.17) is 16.3 Å². The van der Waals surface area contributed by atoms with Gasteiger partial charge in [0.15, 0.2) is 6.61 Å². The van der Waals surface area contributed by atoms with Gasteiger partial charge in [-0.15, -0.1) is 0 Å². The van der Waals surface area contributed by atoms with E-state index in [-0.39, 0.29) is 12.5 Å². The van der Waals surface area contributed by atoms with Crippen molar-refractivity contribution < 1.29 is 9.53 Å². The molecule has 1 aromatic carbocycles. The summed E-state index contributed by atoms with van der Waals surface area (Å²) in [7, 11) is 0. The van der Waals surface area contributed by atoms with Crippen molar-refractivity contribution >= 4 is 23.2 Å². The minimum atomic E-state index is -0.255. The molecule has 19 heavy (non-hydrogen) atoms. The van der Waals surface area contributed by atoms with Gasteiger partial charge >= 0.3 is 0 Å². The highest BCUT2D eigenvalue weighted by Crippen LogP contribution is 2.30. The van der Waals surface area contributed by atoms with Crippen LogP contribution in [0.3, 0.4) is 0 Å². The molecule has 0 aliphatic heterocycles. The number of amides is 1. The number of aryl methyl sites for hydroxylation is 1. The number of hydrazone groups is 1. The lowest BCUT2D eigenvalue weighted by atomic mass is 10.2. The number of carbonyl (C=O) groups excluding carboxylic acids is 1. The summed E-state index contributed by atoms with van der Waals surface area (Å²) in [5.74, 6) is 0.955. The molecule has 0 aromatic heterocycles. The number of hydrogen-bond donors (Lipinski definition) is 1. The average Bonchev–Trinajstić information content (AvgIpc) is 3.19. The van der Waals surface area contributed by atoms with E-state index >= 15 is 0 Å². The molecular formula is C14H17ClN2O2. The first-order chi connectivity index (χ1) is 9.06. The van der Waals surface area contributed by atoms with Crippen molar-refractivity contribution in [1.29, 1.82) is 0 Å². The van der Waals surface area contributed by atoms with Gasteiger partial charge in [-0.3, -0.25) is 4.79 Å². The third-order valence-electron chi connectivity index (χ3n) is 3.02. The Morgan fingerprint density at radius 3 is 2.89 bits per heavy atom.